The number of hydrogen-bond donors (Lipinski definition) is 1. The van der Waals surface area contributed by atoms with Crippen LogP contribution in [0.5, 0.6) is 0 Å². The van der Waals surface area contributed by atoms with Crippen LogP contribution >= 0.6 is 0 Å². The molecule has 0 saturated carbocycles. The first-order valence-corrected chi connectivity index (χ1v) is 4.85. The van der Waals surface area contributed by atoms with E-state index >= 15 is 0 Å². The normalized spacial score (nSPS) is 22.2. The Hall–Kier alpha value is -0.220. The van der Waals surface area contributed by atoms with Crippen LogP contribution < -0.4 is 5.32 Å². The van der Waals surface area contributed by atoms with Crippen LogP contribution in [0.1, 0.15) is 19.8 Å². The Bertz CT molecular complexity index is 138. The topological polar surface area (TPSA) is 21.3 Å². The van der Waals surface area contributed by atoms with Gasteiger partial charge in [-0.05, 0) is 25.3 Å². The van der Waals surface area contributed by atoms with Gasteiger partial charge in [0.15, 0.2) is 0 Å². The van der Waals surface area contributed by atoms with Gasteiger partial charge < -0.3 is 10.1 Å². The maximum absolute atomic E-state index is 12.6. The second kappa shape index (κ2) is 5.50. The molecule has 0 radical (unpaired) electrons. The number of rotatable bonds is 4. The fraction of sp³-hybridized carbons (Fsp3) is 1.00. The Kier molecular flexibility index (Phi) is 4.59. The van der Waals surface area contributed by atoms with E-state index in [2.05, 4.69) is 5.32 Å². The molecule has 1 saturated heterocycles. The largest absolute Gasteiger partial charge is 0.381 e. The smallest absolute Gasteiger partial charge is 0.253 e. The lowest BCUT2D eigenvalue weighted by molar-refractivity contribution is 0.00975. The molecule has 1 fully saturated rings. The maximum Gasteiger partial charge on any atom is 0.253 e. The fourth-order valence-electron chi connectivity index (χ4n) is 1.77. The lowest BCUT2D eigenvalue weighted by Crippen LogP contribution is -2.44. The Labute approximate surface area is 77.6 Å². The number of hydrogen-bond acceptors (Lipinski definition) is 2. The summed E-state index contributed by atoms with van der Waals surface area (Å²) in [6.07, 6.45) is -0.757. The molecule has 1 atom stereocenters. The molecular weight excluding hydrogens is 176 g/mol. The van der Waals surface area contributed by atoms with E-state index in [9.17, 15) is 8.78 Å². The van der Waals surface area contributed by atoms with Gasteiger partial charge in [-0.3, -0.25) is 0 Å². The molecule has 13 heavy (non-hydrogen) atoms. The molecule has 4 heteroatoms. The number of ether oxygens (including phenoxy) is 1. The van der Waals surface area contributed by atoms with E-state index in [1.165, 1.54) is 0 Å². The average Bonchev–Trinajstić information content (AvgIpc) is 2.15. The molecule has 0 aliphatic carbocycles. The highest BCUT2D eigenvalue weighted by atomic mass is 19.3. The Morgan fingerprint density at radius 2 is 2.00 bits per heavy atom. The second-order valence-electron chi connectivity index (χ2n) is 3.37. The van der Waals surface area contributed by atoms with Gasteiger partial charge in [-0.2, -0.15) is 0 Å². The van der Waals surface area contributed by atoms with Gasteiger partial charge in [0.2, 0.25) is 0 Å². The standard InChI is InChI=1S/C9H17F2NO/c1-2-12-8(9(10)11)7-3-5-13-6-4-7/h7-9,12H,2-6H2,1H3. The molecule has 1 unspecified atom stereocenters. The van der Waals surface area contributed by atoms with Gasteiger partial charge in [0, 0.05) is 13.2 Å². The van der Waals surface area contributed by atoms with Gasteiger partial charge in [0.25, 0.3) is 6.43 Å². The SMILES string of the molecule is CCNC(C(F)F)C1CCOCC1. The van der Waals surface area contributed by atoms with Crippen LogP contribution in [-0.4, -0.2) is 32.2 Å². The van der Waals surface area contributed by atoms with E-state index in [4.69, 9.17) is 4.74 Å². The first kappa shape index (κ1) is 10.9. The summed E-state index contributed by atoms with van der Waals surface area (Å²) in [6.45, 7) is 3.71. The zero-order valence-electron chi connectivity index (χ0n) is 7.93. The zero-order chi connectivity index (χ0) is 9.68. The van der Waals surface area contributed by atoms with Gasteiger partial charge in [-0.1, -0.05) is 6.92 Å². The molecular formula is C9H17F2NO. The molecule has 2 nitrogen and oxygen atoms in total. The van der Waals surface area contributed by atoms with Crippen molar-refractivity contribution in [3.8, 4) is 0 Å². The van der Waals surface area contributed by atoms with Gasteiger partial charge >= 0.3 is 0 Å². The number of nitrogens with one attached hydrogen (secondary N) is 1. The van der Waals surface area contributed by atoms with Crippen molar-refractivity contribution in [2.24, 2.45) is 5.92 Å². The molecule has 1 N–H and O–H groups in total. The highest BCUT2D eigenvalue weighted by Crippen LogP contribution is 2.22. The molecule has 1 aliphatic heterocycles. The van der Waals surface area contributed by atoms with Crippen molar-refractivity contribution in [2.75, 3.05) is 19.8 Å². The van der Waals surface area contributed by atoms with Crippen molar-refractivity contribution in [3.63, 3.8) is 0 Å². The molecule has 0 aromatic heterocycles. The first-order valence-electron chi connectivity index (χ1n) is 4.85. The zero-order valence-corrected chi connectivity index (χ0v) is 7.93. The quantitative estimate of drug-likeness (QED) is 0.733. The predicted octanol–water partition coefficient (Wildman–Crippen LogP) is 1.66. The van der Waals surface area contributed by atoms with E-state index in [-0.39, 0.29) is 5.92 Å². The number of alkyl halides is 2. The van der Waals surface area contributed by atoms with Crippen LogP contribution in [-0.2, 0) is 4.74 Å². The molecule has 1 rings (SSSR count). The van der Waals surface area contributed by atoms with Crippen molar-refractivity contribution < 1.29 is 13.5 Å². The van der Waals surface area contributed by atoms with Crippen molar-refractivity contribution >= 4 is 0 Å². The van der Waals surface area contributed by atoms with Crippen LogP contribution in [0.3, 0.4) is 0 Å². The molecule has 0 spiro atoms. The van der Waals surface area contributed by atoms with Crippen LogP contribution in [0.2, 0.25) is 0 Å². The van der Waals surface area contributed by atoms with E-state index in [0.29, 0.717) is 19.8 Å². The minimum Gasteiger partial charge on any atom is -0.381 e. The van der Waals surface area contributed by atoms with Gasteiger partial charge in [-0.15, -0.1) is 0 Å². The summed E-state index contributed by atoms with van der Waals surface area (Å²) in [5.74, 6) is 0.0775. The molecule has 0 amide bonds. The molecule has 1 heterocycles. The minimum absolute atomic E-state index is 0.0775. The van der Waals surface area contributed by atoms with Crippen LogP contribution in [0.4, 0.5) is 8.78 Å². The van der Waals surface area contributed by atoms with Crippen LogP contribution in [0.15, 0.2) is 0 Å². The highest BCUT2D eigenvalue weighted by Gasteiger charge is 2.29. The van der Waals surface area contributed by atoms with Crippen molar-refractivity contribution in [3.05, 3.63) is 0 Å². The van der Waals surface area contributed by atoms with E-state index < -0.39 is 12.5 Å². The Balaban J connectivity index is 2.41. The summed E-state index contributed by atoms with van der Waals surface area (Å²) in [6, 6.07) is -0.645. The maximum atomic E-state index is 12.6. The first-order chi connectivity index (χ1) is 6.25. The molecule has 78 valence electrons. The highest BCUT2D eigenvalue weighted by molar-refractivity contribution is 4.79. The predicted molar refractivity (Wildman–Crippen MR) is 47.0 cm³/mol. The van der Waals surface area contributed by atoms with Crippen LogP contribution in [0.25, 0.3) is 0 Å². The molecule has 0 bridgehead atoms. The summed E-state index contributed by atoms with van der Waals surface area (Å²) in [5, 5.41) is 2.85. The summed E-state index contributed by atoms with van der Waals surface area (Å²) < 4.78 is 30.3. The third-order valence-electron chi connectivity index (χ3n) is 2.49. The fourth-order valence-corrected chi connectivity index (χ4v) is 1.77. The lowest BCUT2D eigenvalue weighted by atomic mass is 9.92. The third-order valence-corrected chi connectivity index (χ3v) is 2.49. The summed E-state index contributed by atoms with van der Waals surface area (Å²) in [4.78, 5) is 0. The molecule has 0 aromatic carbocycles. The second-order valence-corrected chi connectivity index (χ2v) is 3.37. The third kappa shape index (κ3) is 3.19. The summed E-state index contributed by atoms with van der Waals surface area (Å²) >= 11 is 0. The van der Waals surface area contributed by atoms with Crippen LogP contribution in [0, 0.1) is 5.92 Å². The van der Waals surface area contributed by atoms with E-state index in [1.54, 1.807) is 0 Å². The van der Waals surface area contributed by atoms with Gasteiger partial charge in [-0.25, -0.2) is 8.78 Å². The van der Waals surface area contributed by atoms with Crippen molar-refractivity contribution in [1.29, 1.82) is 0 Å². The Morgan fingerprint density at radius 1 is 1.38 bits per heavy atom. The van der Waals surface area contributed by atoms with E-state index in [0.717, 1.165) is 12.8 Å². The number of halogens is 2. The lowest BCUT2D eigenvalue weighted by Gasteiger charge is -2.30. The average molecular weight is 193 g/mol. The van der Waals surface area contributed by atoms with Crippen molar-refractivity contribution in [2.45, 2.75) is 32.2 Å². The Morgan fingerprint density at radius 3 is 2.46 bits per heavy atom. The monoisotopic (exact) mass is 193 g/mol. The summed E-state index contributed by atoms with van der Waals surface area (Å²) in [7, 11) is 0. The molecule has 1 aliphatic rings. The van der Waals surface area contributed by atoms with E-state index in [1.807, 2.05) is 6.92 Å². The van der Waals surface area contributed by atoms with Gasteiger partial charge in [0.05, 0.1) is 6.04 Å². The van der Waals surface area contributed by atoms with Crippen molar-refractivity contribution in [1.82, 2.24) is 5.32 Å². The summed E-state index contributed by atoms with van der Waals surface area (Å²) in [5.41, 5.74) is 0. The minimum atomic E-state index is -2.26. The molecule has 0 aromatic rings. The van der Waals surface area contributed by atoms with Gasteiger partial charge in [0.1, 0.15) is 0 Å².